The Kier molecular flexibility index (Phi) is 5.96. The highest BCUT2D eigenvalue weighted by Gasteiger charge is 2.27. The maximum Gasteiger partial charge on any atom is 0.260 e. The van der Waals surface area contributed by atoms with Crippen LogP contribution in [0.1, 0.15) is 20.8 Å². The van der Waals surface area contributed by atoms with Crippen LogP contribution in [-0.2, 0) is 4.79 Å². The van der Waals surface area contributed by atoms with Crippen molar-refractivity contribution < 1.29 is 14.6 Å². The van der Waals surface area contributed by atoms with Gasteiger partial charge in [0, 0.05) is 38.9 Å². The Morgan fingerprint density at radius 1 is 1.35 bits per heavy atom. The highest BCUT2D eigenvalue weighted by Crippen LogP contribution is 2.20. The number of aliphatic hydroxyl groups is 1. The van der Waals surface area contributed by atoms with Gasteiger partial charge in [-0.1, -0.05) is 20.8 Å². The van der Waals surface area contributed by atoms with Gasteiger partial charge < -0.3 is 14.7 Å². The number of hydrogen-bond acceptors (Lipinski definition) is 5. The maximum atomic E-state index is 12.2. The lowest BCUT2D eigenvalue weighted by atomic mass is 9.89. The van der Waals surface area contributed by atoms with Gasteiger partial charge in [-0.3, -0.25) is 14.7 Å². The highest BCUT2D eigenvalue weighted by molar-refractivity contribution is 5.77. The largest absolute Gasteiger partial charge is 0.482 e. The number of carbonyl (C=O) groups is 1. The van der Waals surface area contributed by atoms with E-state index in [0.717, 1.165) is 13.1 Å². The van der Waals surface area contributed by atoms with E-state index < -0.39 is 0 Å². The van der Waals surface area contributed by atoms with Gasteiger partial charge in [-0.2, -0.15) is 0 Å². The lowest BCUT2D eigenvalue weighted by Crippen LogP contribution is -2.52. The van der Waals surface area contributed by atoms with Crippen LogP contribution in [-0.4, -0.2) is 71.2 Å². The molecule has 1 N–H and O–H groups in total. The molecule has 1 aromatic heterocycles. The molecule has 1 aliphatic heterocycles. The minimum atomic E-state index is -0.362. The quantitative estimate of drug-likeness (QED) is 0.877. The number of amides is 1. The summed E-state index contributed by atoms with van der Waals surface area (Å²) in [5.41, 5.74) is -0.121. The number of nitrogens with zero attached hydrogens (tertiary/aromatic N) is 3. The average Bonchev–Trinajstić information content (AvgIpc) is 2.53. The number of aromatic nitrogens is 1. The molecule has 1 fully saturated rings. The standard InChI is InChI=1S/C17H27N3O3/c1-17(2,3)15(21)12-19-7-9-20(10-8-19)16(22)13-23-14-5-4-6-18-11-14/h4-6,11,15,21H,7-10,12-13H2,1-3H3/t15-/m1/s1. The first-order chi connectivity index (χ1) is 10.9. The minimum absolute atomic E-state index is 0.00938. The van der Waals surface area contributed by atoms with Crippen LogP contribution in [0.25, 0.3) is 0 Å². The number of hydrogen-bond donors (Lipinski definition) is 1. The first-order valence-corrected chi connectivity index (χ1v) is 8.07. The predicted octanol–water partition coefficient (Wildman–Crippen LogP) is 1.01. The molecule has 0 radical (unpaired) electrons. The second-order valence-electron chi connectivity index (χ2n) is 7.04. The summed E-state index contributed by atoms with van der Waals surface area (Å²) < 4.78 is 5.45. The molecular formula is C17H27N3O3. The van der Waals surface area contributed by atoms with Crippen molar-refractivity contribution in [3.8, 4) is 5.75 Å². The van der Waals surface area contributed by atoms with Crippen molar-refractivity contribution in [1.29, 1.82) is 0 Å². The minimum Gasteiger partial charge on any atom is -0.482 e. The van der Waals surface area contributed by atoms with E-state index in [9.17, 15) is 9.90 Å². The third-order valence-electron chi connectivity index (χ3n) is 4.15. The summed E-state index contributed by atoms with van der Waals surface area (Å²) >= 11 is 0. The number of β-amino-alcohol motifs (C(OH)–C–C–N with tert-alkyl or cyclic N) is 1. The van der Waals surface area contributed by atoms with Crippen LogP contribution < -0.4 is 4.74 Å². The van der Waals surface area contributed by atoms with Crippen molar-refractivity contribution in [1.82, 2.24) is 14.8 Å². The van der Waals surface area contributed by atoms with Crippen LogP contribution in [0.3, 0.4) is 0 Å². The molecule has 1 amide bonds. The summed E-state index contributed by atoms with van der Waals surface area (Å²) in [5.74, 6) is 0.595. The van der Waals surface area contributed by atoms with E-state index in [1.54, 1.807) is 24.5 Å². The molecular weight excluding hydrogens is 294 g/mol. The van der Waals surface area contributed by atoms with E-state index in [1.165, 1.54) is 0 Å². The molecule has 6 heteroatoms. The third-order valence-corrected chi connectivity index (χ3v) is 4.15. The molecule has 0 aliphatic carbocycles. The molecule has 0 spiro atoms. The van der Waals surface area contributed by atoms with Gasteiger partial charge in [-0.05, 0) is 17.5 Å². The summed E-state index contributed by atoms with van der Waals surface area (Å²) in [4.78, 5) is 20.2. The van der Waals surface area contributed by atoms with Crippen LogP contribution in [0.4, 0.5) is 0 Å². The molecule has 6 nitrogen and oxygen atoms in total. The fraction of sp³-hybridized carbons (Fsp3) is 0.647. The normalized spacial score (nSPS) is 17.8. The topological polar surface area (TPSA) is 65.9 Å². The van der Waals surface area contributed by atoms with Gasteiger partial charge in [0.2, 0.25) is 0 Å². The molecule has 2 rings (SSSR count). The Bertz CT molecular complexity index is 494. The summed E-state index contributed by atoms with van der Waals surface area (Å²) in [6.07, 6.45) is 2.90. The van der Waals surface area contributed by atoms with E-state index in [1.807, 2.05) is 25.7 Å². The van der Waals surface area contributed by atoms with Gasteiger partial charge in [0.25, 0.3) is 5.91 Å². The van der Waals surface area contributed by atoms with E-state index in [0.29, 0.717) is 25.4 Å². The summed E-state index contributed by atoms with van der Waals surface area (Å²) in [7, 11) is 0. The molecule has 1 saturated heterocycles. The molecule has 1 aliphatic rings. The van der Waals surface area contributed by atoms with Gasteiger partial charge in [0.05, 0.1) is 12.3 Å². The van der Waals surface area contributed by atoms with Crippen molar-refractivity contribution in [2.45, 2.75) is 26.9 Å². The van der Waals surface area contributed by atoms with Crippen LogP contribution in [0.2, 0.25) is 0 Å². The Balaban J connectivity index is 1.72. The number of pyridine rings is 1. The van der Waals surface area contributed by atoms with Gasteiger partial charge in [0.15, 0.2) is 6.61 Å². The zero-order valence-electron chi connectivity index (χ0n) is 14.2. The first kappa shape index (κ1) is 17.7. The highest BCUT2D eigenvalue weighted by atomic mass is 16.5. The molecule has 0 bridgehead atoms. The van der Waals surface area contributed by atoms with Gasteiger partial charge in [0.1, 0.15) is 5.75 Å². The third kappa shape index (κ3) is 5.48. The fourth-order valence-electron chi connectivity index (χ4n) is 2.37. The molecule has 1 aromatic rings. The van der Waals surface area contributed by atoms with Crippen LogP contribution in [0, 0.1) is 5.41 Å². The van der Waals surface area contributed by atoms with Crippen molar-refractivity contribution in [3.05, 3.63) is 24.5 Å². The van der Waals surface area contributed by atoms with E-state index in [4.69, 9.17) is 4.74 Å². The monoisotopic (exact) mass is 321 g/mol. The maximum absolute atomic E-state index is 12.2. The Labute approximate surface area is 138 Å². The zero-order chi connectivity index (χ0) is 16.9. The van der Waals surface area contributed by atoms with Gasteiger partial charge in [-0.15, -0.1) is 0 Å². The van der Waals surface area contributed by atoms with E-state index >= 15 is 0 Å². The lowest BCUT2D eigenvalue weighted by Gasteiger charge is -2.37. The van der Waals surface area contributed by atoms with Crippen molar-refractivity contribution in [2.24, 2.45) is 5.41 Å². The zero-order valence-corrected chi connectivity index (χ0v) is 14.2. The molecule has 0 saturated carbocycles. The molecule has 23 heavy (non-hydrogen) atoms. The molecule has 2 heterocycles. The van der Waals surface area contributed by atoms with Crippen LogP contribution in [0.5, 0.6) is 5.75 Å². The van der Waals surface area contributed by atoms with Crippen molar-refractivity contribution >= 4 is 5.91 Å². The molecule has 0 unspecified atom stereocenters. The fourth-order valence-corrected chi connectivity index (χ4v) is 2.37. The number of carbonyl (C=O) groups excluding carboxylic acids is 1. The van der Waals surface area contributed by atoms with Crippen molar-refractivity contribution in [2.75, 3.05) is 39.3 Å². The number of aliphatic hydroxyl groups excluding tert-OH is 1. The van der Waals surface area contributed by atoms with E-state index in [-0.39, 0.29) is 24.0 Å². The summed E-state index contributed by atoms with van der Waals surface area (Å²) in [5, 5.41) is 10.2. The second kappa shape index (κ2) is 7.75. The number of piperazine rings is 1. The summed E-state index contributed by atoms with van der Waals surface area (Å²) in [6.45, 7) is 9.71. The predicted molar refractivity (Wildman–Crippen MR) is 88.2 cm³/mol. The average molecular weight is 321 g/mol. The lowest BCUT2D eigenvalue weighted by molar-refractivity contribution is -0.135. The molecule has 1 atom stereocenters. The van der Waals surface area contributed by atoms with Crippen molar-refractivity contribution in [3.63, 3.8) is 0 Å². The summed E-state index contributed by atoms with van der Waals surface area (Å²) in [6, 6.07) is 3.56. The Morgan fingerprint density at radius 2 is 2.04 bits per heavy atom. The van der Waals surface area contributed by atoms with Crippen LogP contribution >= 0.6 is 0 Å². The number of rotatable bonds is 5. The molecule has 128 valence electrons. The molecule has 0 aromatic carbocycles. The Morgan fingerprint density at radius 3 is 2.61 bits per heavy atom. The van der Waals surface area contributed by atoms with Gasteiger partial charge >= 0.3 is 0 Å². The smallest absolute Gasteiger partial charge is 0.260 e. The van der Waals surface area contributed by atoms with E-state index in [2.05, 4.69) is 9.88 Å². The van der Waals surface area contributed by atoms with Crippen LogP contribution in [0.15, 0.2) is 24.5 Å². The number of ether oxygens (including phenoxy) is 1. The first-order valence-electron chi connectivity index (χ1n) is 8.07. The second-order valence-corrected chi connectivity index (χ2v) is 7.04. The SMILES string of the molecule is CC(C)(C)[C@H](O)CN1CCN(C(=O)COc2cccnc2)CC1. The van der Waals surface area contributed by atoms with Gasteiger partial charge in [-0.25, -0.2) is 0 Å². The Hall–Kier alpha value is -1.66.